The minimum Gasteiger partial charge on any atom is -0.487 e. The first-order chi connectivity index (χ1) is 12.1. The minimum absolute atomic E-state index is 0.0687. The predicted octanol–water partition coefficient (Wildman–Crippen LogP) is 5.92. The molecule has 1 heterocycles. The summed E-state index contributed by atoms with van der Waals surface area (Å²) in [4.78, 5) is 4.09. The first-order valence-corrected chi connectivity index (χ1v) is 9.06. The van der Waals surface area contributed by atoms with Crippen LogP contribution in [0.4, 0.5) is 0 Å². The Balaban J connectivity index is 1.72. The Hall–Kier alpha value is -1.68. The molecule has 1 unspecified atom stereocenters. The molecule has 0 N–H and O–H groups in total. The van der Waals surface area contributed by atoms with Crippen LogP contribution >= 0.6 is 34.8 Å². The second-order valence-electron chi connectivity index (χ2n) is 5.70. The molecule has 6 heteroatoms. The molecule has 1 atom stereocenters. The first-order valence-electron chi connectivity index (χ1n) is 7.92. The Morgan fingerprint density at radius 3 is 2.60 bits per heavy atom. The molecular formula is C19H17Cl3N2O. The van der Waals surface area contributed by atoms with E-state index in [-0.39, 0.29) is 6.10 Å². The molecule has 0 amide bonds. The van der Waals surface area contributed by atoms with E-state index in [2.05, 4.69) is 4.98 Å². The number of aryl methyl sites for hydroxylation is 1. The van der Waals surface area contributed by atoms with Gasteiger partial charge in [0.2, 0.25) is 0 Å². The summed E-state index contributed by atoms with van der Waals surface area (Å²) in [5.74, 6) is 0.677. The maximum absolute atomic E-state index is 6.28. The summed E-state index contributed by atoms with van der Waals surface area (Å²) in [6.07, 6.45) is 6.93. The Morgan fingerprint density at radius 2 is 1.88 bits per heavy atom. The van der Waals surface area contributed by atoms with Crippen molar-refractivity contribution < 1.29 is 4.74 Å². The predicted molar refractivity (Wildman–Crippen MR) is 103 cm³/mol. The minimum atomic E-state index is -0.0687. The van der Waals surface area contributed by atoms with Gasteiger partial charge in [0.15, 0.2) is 0 Å². The highest BCUT2D eigenvalue weighted by atomic mass is 35.5. The molecular weight excluding hydrogens is 379 g/mol. The third-order valence-electron chi connectivity index (χ3n) is 3.85. The van der Waals surface area contributed by atoms with Crippen LogP contribution < -0.4 is 4.74 Å². The molecule has 3 rings (SSSR count). The average molecular weight is 396 g/mol. The monoisotopic (exact) mass is 394 g/mol. The summed E-state index contributed by atoms with van der Waals surface area (Å²) < 4.78 is 8.15. The van der Waals surface area contributed by atoms with Crippen molar-refractivity contribution in [1.29, 1.82) is 0 Å². The Labute approximate surface area is 162 Å². The quantitative estimate of drug-likeness (QED) is 0.496. The van der Waals surface area contributed by atoms with E-state index in [1.54, 1.807) is 18.6 Å². The van der Waals surface area contributed by atoms with Gasteiger partial charge in [-0.05, 0) is 42.7 Å². The highest BCUT2D eigenvalue weighted by Crippen LogP contribution is 2.27. The van der Waals surface area contributed by atoms with Gasteiger partial charge in [0, 0.05) is 22.4 Å². The summed E-state index contributed by atoms with van der Waals surface area (Å²) in [6, 6.07) is 13.0. The van der Waals surface area contributed by atoms with Crippen molar-refractivity contribution in [1.82, 2.24) is 9.55 Å². The fraction of sp³-hybridized carbons (Fsp3) is 0.211. The molecule has 130 valence electrons. The fourth-order valence-electron chi connectivity index (χ4n) is 2.58. The molecule has 0 aliphatic carbocycles. The lowest BCUT2D eigenvalue weighted by Crippen LogP contribution is -2.23. The van der Waals surface area contributed by atoms with Crippen LogP contribution in [0.15, 0.2) is 61.2 Å². The maximum atomic E-state index is 6.28. The second-order valence-corrected chi connectivity index (χ2v) is 6.96. The van der Waals surface area contributed by atoms with Crippen LogP contribution in [0, 0.1) is 0 Å². The van der Waals surface area contributed by atoms with E-state index in [0.29, 0.717) is 27.4 Å². The molecule has 0 spiro atoms. The number of imidazole rings is 1. The molecule has 0 fully saturated rings. The highest BCUT2D eigenvalue weighted by Gasteiger charge is 2.15. The average Bonchev–Trinajstić information content (AvgIpc) is 3.09. The van der Waals surface area contributed by atoms with Gasteiger partial charge in [0.05, 0.1) is 17.9 Å². The smallest absolute Gasteiger partial charge is 0.138 e. The molecule has 0 saturated carbocycles. The number of hydrogen-bond donors (Lipinski definition) is 0. The van der Waals surface area contributed by atoms with E-state index in [0.717, 1.165) is 18.4 Å². The van der Waals surface area contributed by atoms with Crippen molar-refractivity contribution in [3.05, 3.63) is 81.8 Å². The van der Waals surface area contributed by atoms with E-state index in [9.17, 15) is 0 Å². The van der Waals surface area contributed by atoms with Crippen molar-refractivity contribution in [2.45, 2.75) is 25.5 Å². The summed E-state index contributed by atoms with van der Waals surface area (Å²) in [5.41, 5.74) is 1.05. The third-order valence-corrected chi connectivity index (χ3v) is 4.75. The number of para-hydroxylation sites is 1. The molecule has 0 aliphatic rings. The summed E-state index contributed by atoms with van der Waals surface area (Å²) in [6.45, 7) is 0.677. The van der Waals surface area contributed by atoms with Crippen molar-refractivity contribution in [2.75, 3.05) is 0 Å². The van der Waals surface area contributed by atoms with E-state index in [1.165, 1.54) is 0 Å². The van der Waals surface area contributed by atoms with E-state index < -0.39 is 0 Å². The lowest BCUT2D eigenvalue weighted by molar-refractivity contribution is 0.170. The third kappa shape index (κ3) is 5.15. The van der Waals surface area contributed by atoms with Crippen molar-refractivity contribution >= 4 is 34.8 Å². The molecule has 3 aromatic rings. The van der Waals surface area contributed by atoms with E-state index in [1.807, 2.05) is 47.2 Å². The van der Waals surface area contributed by atoms with Gasteiger partial charge in [-0.25, -0.2) is 4.98 Å². The van der Waals surface area contributed by atoms with Gasteiger partial charge in [-0.2, -0.15) is 0 Å². The van der Waals surface area contributed by atoms with Gasteiger partial charge in [-0.3, -0.25) is 0 Å². The van der Waals surface area contributed by atoms with Crippen LogP contribution in [-0.2, 0) is 13.0 Å². The van der Waals surface area contributed by atoms with Crippen LogP contribution in [0.1, 0.15) is 12.0 Å². The van der Waals surface area contributed by atoms with Gasteiger partial charge in [-0.1, -0.05) is 53.0 Å². The van der Waals surface area contributed by atoms with Crippen molar-refractivity contribution in [3.63, 3.8) is 0 Å². The largest absolute Gasteiger partial charge is 0.487 e. The number of rotatable bonds is 7. The first kappa shape index (κ1) is 18.1. The van der Waals surface area contributed by atoms with Crippen molar-refractivity contribution in [3.8, 4) is 5.75 Å². The number of benzene rings is 2. The number of ether oxygens (including phenoxy) is 1. The highest BCUT2D eigenvalue weighted by molar-refractivity contribution is 6.35. The van der Waals surface area contributed by atoms with E-state index in [4.69, 9.17) is 39.5 Å². The van der Waals surface area contributed by atoms with Gasteiger partial charge in [0.25, 0.3) is 0 Å². The Kier molecular flexibility index (Phi) is 6.24. The van der Waals surface area contributed by atoms with Crippen LogP contribution in [0.25, 0.3) is 0 Å². The molecule has 3 nitrogen and oxygen atoms in total. The normalized spacial score (nSPS) is 12.1. The molecule has 1 aromatic heterocycles. The summed E-state index contributed by atoms with van der Waals surface area (Å²) >= 11 is 18.5. The summed E-state index contributed by atoms with van der Waals surface area (Å²) in [5, 5.41) is 1.91. The van der Waals surface area contributed by atoms with Crippen LogP contribution in [0.2, 0.25) is 15.1 Å². The number of nitrogens with zero attached hydrogens (tertiary/aromatic N) is 2. The van der Waals surface area contributed by atoms with Gasteiger partial charge in [-0.15, -0.1) is 0 Å². The zero-order valence-corrected chi connectivity index (χ0v) is 15.7. The Morgan fingerprint density at radius 1 is 1.04 bits per heavy atom. The molecule has 2 aromatic carbocycles. The number of halogens is 3. The maximum Gasteiger partial charge on any atom is 0.138 e. The topological polar surface area (TPSA) is 27.1 Å². The van der Waals surface area contributed by atoms with Crippen LogP contribution in [-0.4, -0.2) is 15.7 Å². The second kappa shape index (κ2) is 8.61. The number of hydrogen-bond acceptors (Lipinski definition) is 2. The van der Waals surface area contributed by atoms with Crippen molar-refractivity contribution in [2.24, 2.45) is 0 Å². The van der Waals surface area contributed by atoms with E-state index >= 15 is 0 Å². The van der Waals surface area contributed by atoms with Crippen LogP contribution in [0.3, 0.4) is 0 Å². The fourth-order valence-corrected chi connectivity index (χ4v) is 3.26. The molecule has 0 saturated heterocycles. The van der Waals surface area contributed by atoms with Gasteiger partial charge in [0.1, 0.15) is 11.9 Å². The Bertz CT molecular complexity index is 821. The lowest BCUT2D eigenvalue weighted by atomic mass is 10.1. The number of aromatic nitrogens is 2. The molecule has 25 heavy (non-hydrogen) atoms. The van der Waals surface area contributed by atoms with Crippen LogP contribution in [0.5, 0.6) is 5.75 Å². The zero-order valence-electron chi connectivity index (χ0n) is 13.4. The van der Waals surface area contributed by atoms with Gasteiger partial charge >= 0.3 is 0 Å². The molecule has 0 radical (unpaired) electrons. The standard InChI is InChI=1S/C19H17Cl3N2O/c20-15-7-5-14(18(22)11-15)6-8-16(12-24-10-9-23-13-24)25-19-4-2-1-3-17(19)21/h1-5,7,9-11,13,16H,6,8,12H2. The SMILES string of the molecule is Clc1ccc(CCC(Cn2ccnc2)Oc2ccccc2Cl)c(Cl)c1. The molecule has 0 aliphatic heterocycles. The molecule has 0 bridgehead atoms. The summed E-state index contributed by atoms with van der Waals surface area (Å²) in [7, 11) is 0. The van der Waals surface area contributed by atoms with Gasteiger partial charge < -0.3 is 9.30 Å². The zero-order chi connectivity index (χ0) is 17.6. The lowest BCUT2D eigenvalue weighted by Gasteiger charge is -2.21.